The second-order valence-corrected chi connectivity index (χ2v) is 5.14. The Bertz CT molecular complexity index is 624. The number of benzene rings is 2. The van der Waals surface area contributed by atoms with Gasteiger partial charge in [-0.05, 0) is 36.2 Å². The van der Waals surface area contributed by atoms with Crippen molar-refractivity contribution >= 4 is 5.69 Å². The first-order valence-corrected chi connectivity index (χ1v) is 7.22. The third-order valence-electron chi connectivity index (χ3n) is 3.44. The smallest absolute Gasteiger partial charge is 0.183 e. The molecule has 4 nitrogen and oxygen atoms in total. The lowest BCUT2D eigenvalue weighted by molar-refractivity contribution is -0.183. The maximum Gasteiger partial charge on any atom is 0.183 e. The van der Waals surface area contributed by atoms with Gasteiger partial charge in [-0.1, -0.05) is 18.2 Å². The Hall–Kier alpha value is -2.11. The van der Waals surface area contributed by atoms with E-state index in [2.05, 4.69) is 0 Å². The summed E-state index contributed by atoms with van der Waals surface area (Å²) in [7, 11) is 0. The van der Waals surface area contributed by atoms with E-state index < -0.39 is 0 Å². The average molecular weight is 303 g/mol. The molecule has 0 unspecified atom stereocenters. The van der Waals surface area contributed by atoms with E-state index in [1.165, 1.54) is 12.1 Å². The van der Waals surface area contributed by atoms with Gasteiger partial charge in [0, 0.05) is 5.56 Å². The zero-order valence-corrected chi connectivity index (χ0v) is 12.1. The Balaban J connectivity index is 1.65. The SMILES string of the molecule is Nc1cc(C2OCCCO2)ccc1OCc1ccc(F)cc1. The predicted molar refractivity (Wildman–Crippen MR) is 80.8 cm³/mol. The maximum atomic E-state index is 12.9. The molecule has 0 spiro atoms. The molecular weight excluding hydrogens is 285 g/mol. The van der Waals surface area contributed by atoms with Crippen LogP contribution in [-0.4, -0.2) is 13.2 Å². The molecular formula is C17H18FNO3. The second-order valence-electron chi connectivity index (χ2n) is 5.14. The molecule has 22 heavy (non-hydrogen) atoms. The highest BCUT2D eigenvalue weighted by molar-refractivity contribution is 5.54. The van der Waals surface area contributed by atoms with E-state index in [9.17, 15) is 4.39 Å². The van der Waals surface area contributed by atoms with Crippen molar-refractivity contribution in [2.45, 2.75) is 19.3 Å². The Labute approximate surface area is 128 Å². The first kappa shape index (κ1) is 14.8. The number of hydrogen-bond donors (Lipinski definition) is 1. The van der Waals surface area contributed by atoms with Crippen LogP contribution < -0.4 is 10.5 Å². The number of hydrogen-bond acceptors (Lipinski definition) is 4. The number of nitrogen functional groups attached to an aromatic ring is 1. The first-order valence-electron chi connectivity index (χ1n) is 7.22. The minimum Gasteiger partial charge on any atom is -0.487 e. The Kier molecular flexibility index (Phi) is 4.56. The van der Waals surface area contributed by atoms with Crippen LogP contribution in [0, 0.1) is 5.82 Å². The molecule has 2 aromatic rings. The minimum atomic E-state index is -0.359. The van der Waals surface area contributed by atoms with Crippen LogP contribution in [0.3, 0.4) is 0 Å². The molecule has 0 aliphatic carbocycles. The van der Waals surface area contributed by atoms with Crippen LogP contribution in [0.1, 0.15) is 23.8 Å². The van der Waals surface area contributed by atoms with Crippen LogP contribution in [0.5, 0.6) is 5.75 Å². The third kappa shape index (κ3) is 3.55. The van der Waals surface area contributed by atoms with Gasteiger partial charge in [0.2, 0.25) is 0 Å². The summed E-state index contributed by atoms with van der Waals surface area (Å²) in [5.74, 6) is 0.323. The van der Waals surface area contributed by atoms with Gasteiger partial charge in [-0.3, -0.25) is 0 Å². The Morgan fingerprint density at radius 3 is 2.50 bits per heavy atom. The molecule has 0 amide bonds. The van der Waals surface area contributed by atoms with Crippen LogP contribution in [0.4, 0.5) is 10.1 Å². The molecule has 0 aromatic heterocycles. The van der Waals surface area contributed by atoms with Crippen LogP contribution in [-0.2, 0) is 16.1 Å². The van der Waals surface area contributed by atoms with Crippen molar-refractivity contribution < 1.29 is 18.6 Å². The van der Waals surface area contributed by atoms with E-state index >= 15 is 0 Å². The molecule has 3 rings (SSSR count). The van der Waals surface area contributed by atoms with Gasteiger partial charge < -0.3 is 19.9 Å². The van der Waals surface area contributed by atoms with Crippen molar-refractivity contribution in [2.24, 2.45) is 0 Å². The fraction of sp³-hybridized carbons (Fsp3) is 0.294. The minimum absolute atomic E-state index is 0.264. The first-order chi connectivity index (χ1) is 10.7. The van der Waals surface area contributed by atoms with Crippen molar-refractivity contribution in [2.75, 3.05) is 18.9 Å². The van der Waals surface area contributed by atoms with Gasteiger partial charge in [0.25, 0.3) is 0 Å². The van der Waals surface area contributed by atoms with Crippen LogP contribution in [0.15, 0.2) is 42.5 Å². The van der Waals surface area contributed by atoms with Crippen LogP contribution >= 0.6 is 0 Å². The van der Waals surface area contributed by atoms with Crippen molar-refractivity contribution in [3.05, 3.63) is 59.4 Å². The molecule has 5 heteroatoms. The van der Waals surface area contributed by atoms with Crippen molar-refractivity contribution in [1.82, 2.24) is 0 Å². The number of halogens is 1. The average Bonchev–Trinajstić information content (AvgIpc) is 2.56. The number of nitrogens with two attached hydrogens (primary N) is 1. The van der Waals surface area contributed by atoms with E-state index in [1.807, 2.05) is 6.07 Å². The van der Waals surface area contributed by atoms with E-state index in [1.54, 1.807) is 24.3 Å². The summed E-state index contributed by atoms with van der Waals surface area (Å²) in [6.07, 6.45) is 0.549. The predicted octanol–water partition coefficient (Wildman–Crippen LogP) is 3.42. The van der Waals surface area contributed by atoms with Gasteiger partial charge in [0.1, 0.15) is 18.2 Å². The molecule has 1 heterocycles. The standard InChI is InChI=1S/C17H18FNO3/c18-14-5-2-12(3-6-14)11-22-16-7-4-13(10-15(16)19)17-20-8-1-9-21-17/h2-7,10,17H,1,8-9,11,19H2. The third-order valence-corrected chi connectivity index (χ3v) is 3.44. The van der Waals surface area contributed by atoms with Crippen LogP contribution in [0.2, 0.25) is 0 Å². The number of rotatable bonds is 4. The maximum absolute atomic E-state index is 12.9. The summed E-state index contributed by atoms with van der Waals surface area (Å²) in [6.45, 7) is 1.71. The lowest BCUT2D eigenvalue weighted by Crippen LogP contribution is -2.17. The quantitative estimate of drug-likeness (QED) is 0.879. The largest absolute Gasteiger partial charge is 0.487 e. The summed E-state index contributed by atoms with van der Waals surface area (Å²) in [5.41, 5.74) is 8.30. The Morgan fingerprint density at radius 2 is 1.82 bits per heavy atom. The Morgan fingerprint density at radius 1 is 1.09 bits per heavy atom. The second kappa shape index (κ2) is 6.77. The van der Waals surface area contributed by atoms with E-state index in [0.717, 1.165) is 17.5 Å². The zero-order valence-electron chi connectivity index (χ0n) is 12.1. The summed E-state index contributed by atoms with van der Waals surface area (Å²) < 4.78 is 29.6. The molecule has 1 fully saturated rings. The van der Waals surface area contributed by atoms with E-state index in [4.69, 9.17) is 19.9 Å². The summed E-state index contributed by atoms with van der Waals surface area (Å²) in [6, 6.07) is 11.7. The van der Waals surface area contributed by atoms with Crippen molar-refractivity contribution in [3.8, 4) is 5.75 Å². The summed E-state index contributed by atoms with van der Waals surface area (Å²) >= 11 is 0. The lowest BCUT2D eigenvalue weighted by Gasteiger charge is -2.24. The van der Waals surface area contributed by atoms with Gasteiger partial charge in [0.15, 0.2) is 6.29 Å². The highest BCUT2D eigenvalue weighted by Crippen LogP contribution is 2.29. The van der Waals surface area contributed by atoms with Gasteiger partial charge in [-0.15, -0.1) is 0 Å². The zero-order chi connectivity index (χ0) is 15.4. The molecule has 1 saturated heterocycles. The number of ether oxygens (including phenoxy) is 3. The summed E-state index contributed by atoms with van der Waals surface area (Å²) in [5, 5.41) is 0. The molecule has 0 bridgehead atoms. The lowest BCUT2D eigenvalue weighted by atomic mass is 10.1. The fourth-order valence-corrected chi connectivity index (χ4v) is 2.27. The molecule has 1 aliphatic rings. The van der Waals surface area contributed by atoms with Gasteiger partial charge in [0.05, 0.1) is 18.9 Å². The van der Waals surface area contributed by atoms with Gasteiger partial charge in [-0.25, -0.2) is 4.39 Å². The molecule has 116 valence electrons. The topological polar surface area (TPSA) is 53.7 Å². The molecule has 1 aliphatic heterocycles. The van der Waals surface area contributed by atoms with Crippen LogP contribution in [0.25, 0.3) is 0 Å². The highest BCUT2D eigenvalue weighted by atomic mass is 19.1. The number of anilines is 1. The highest BCUT2D eigenvalue weighted by Gasteiger charge is 2.17. The van der Waals surface area contributed by atoms with E-state index in [0.29, 0.717) is 31.3 Å². The fourth-order valence-electron chi connectivity index (χ4n) is 2.27. The van der Waals surface area contributed by atoms with Crippen molar-refractivity contribution in [1.29, 1.82) is 0 Å². The molecule has 0 radical (unpaired) electrons. The van der Waals surface area contributed by atoms with E-state index in [-0.39, 0.29) is 12.1 Å². The molecule has 2 aromatic carbocycles. The van der Waals surface area contributed by atoms with Gasteiger partial charge in [-0.2, -0.15) is 0 Å². The van der Waals surface area contributed by atoms with Crippen molar-refractivity contribution in [3.63, 3.8) is 0 Å². The molecule has 2 N–H and O–H groups in total. The molecule has 0 atom stereocenters. The monoisotopic (exact) mass is 303 g/mol. The summed E-state index contributed by atoms with van der Waals surface area (Å²) in [4.78, 5) is 0. The molecule has 0 saturated carbocycles. The van der Waals surface area contributed by atoms with Gasteiger partial charge >= 0.3 is 0 Å². The normalized spacial score (nSPS) is 15.7.